The van der Waals surface area contributed by atoms with E-state index in [1.807, 2.05) is 24.5 Å². The summed E-state index contributed by atoms with van der Waals surface area (Å²) in [4.78, 5) is 14.8. The predicted molar refractivity (Wildman–Crippen MR) is 235 cm³/mol. The molecule has 0 aliphatic carbocycles. The summed E-state index contributed by atoms with van der Waals surface area (Å²) in [5.41, 5.74) is 9.41. The first-order chi connectivity index (χ1) is 27.8. The Morgan fingerprint density at radius 2 is 0.750 bits per heavy atom. The normalized spacial score (nSPS) is 11.6. The van der Waals surface area contributed by atoms with E-state index in [0.29, 0.717) is 5.82 Å². The number of hydrogen-bond acceptors (Lipinski definition) is 3. The van der Waals surface area contributed by atoms with Gasteiger partial charge in [-0.2, -0.15) is 0 Å². The van der Waals surface area contributed by atoms with Gasteiger partial charge in [-0.05, 0) is 77.3 Å². The number of rotatable bonds is 5. The highest BCUT2D eigenvalue weighted by molar-refractivity contribution is 6.33. The Morgan fingerprint density at radius 3 is 1.43 bits per heavy atom. The predicted octanol–water partition coefficient (Wildman–Crippen LogP) is 14.0. The summed E-state index contributed by atoms with van der Waals surface area (Å²) in [5.74, 6) is 0.688. The number of aromatic nitrogens is 3. The molecule has 9 aromatic carbocycles. The summed E-state index contributed by atoms with van der Waals surface area (Å²) in [7, 11) is 0. The van der Waals surface area contributed by atoms with Gasteiger partial charge in [0.1, 0.15) is 0 Å². The smallest absolute Gasteiger partial charge is 0.160 e. The van der Waals surface area contributed by atoms with Crippen molar-refractivity contribution in [2.45, 2.75) is 0 Å². The highest BCUT2D eigenvalue weighted by atomic mass is 14.9. The third kappa shape index (κ3) is 5.32. The summed E-state index contributed by atoms with van der Waals surface area (Å²) >= 11 is 0. The first-order valence-electron chi connectivity index (χ1n) is 19.0. The second kappa shape index (κ2) is 13.1. The second-order valence-electron chi connectivity index (χ2n) is 14.4. The van der Waals surface area contributed by atoms with Crippen LogP contribution in [-0.4, -0.2) is 15.0 Å². The second-order valence-corrected chi connectivity index (χ2v) is 14.4. The van der Waals surface area contributed by atoms with Crippen molar-refractivity contribution in [1.29, 1.82) is 0 Å². The van der Waals surface area contributed by atoms with Gasteiger partial charge in [0, 0.05) is 40.0 Å². The van der Waals surface area contributed by atoms with Gasteiger partial charge < -0.3 is 0 Å². The van der Waals surface area contributed by atoms with E-state index in [-0.39, 0.29) is 0 Å². The fourth-order valence-electron chi connectivity index (χ4n) is 8.45. The van der Waals surface area contributed by atoms with Gasteiger partial charge >= 0.3 is 0 Å². The van der Waals surface area contributed by atoms with Crippen molar-refractivity contribution in [2.24, 2.45) is 0 Å². The van der Waals surface area contributed by atoms with Crippen LogP contribution in [0.15, 0.2) is 200 Å². The van der Waals surface area contributed by atoms with Crippen LogP contribution in [0.1, 0.15) is 0 Å². The number of pyridine rings is 1. The average molecular weight is 712 g/mol. The summed E-state index contributed by atoms with van der Waals surface area (Å²) in [6.07, 6.45) is 3.86. The molecule has 2 aromatic heterocycles. The summed E-state index contributed by atoms with van der Waals surface area (Å²) in [6.45, 7) is 0. The Bertz CT molecular complexity index is 3270. The highest BCUT2D eigenvalue weighted by Gasteiger charge is 2.16. The molecule has 0 aliphatic rings. The van der Waals surface area contributed by atoms with Crippen LogP contribution in [0.4, 0.5) is 0 Å². The number of nitrogens with zero attached hydrogens (tertiary/aromatic N) is 3. The lowest BCUT2D eigenvalue weighted by Crippen LogP contribution is -1.96. The molecule has 3 nitrogen and oxygen atoms in total. The summed E-state index contributed by atoms with van der Waals surface area (Å²) < 4.78 is 0. The van der Waals surface area contributed by atoms with Gasteiger partial charge in [0.15, 0.2) is 5.82 Å². The van der Waals surface area contributed by atoms with Crippen molar-refractivity contribution in [3.8, 4) is 56.2 Å². The lowest BCUT2D eigenvalue weighted by molar-refractivity contribution is 1.18. The van der Waals surface area contributed by atoms with Crippen LogP contribution in [0.25, 0.3) is 110 Å². The quantitative estimate of drug-likeness (QED) is 0.167. The fraction of sp³-hybridized carbons (Fsp3) is 0. The van der Waals surface area contributed by atoms with Crippen molar-refractivity contribution in [3.05, 3.63) is 200 Å². The molecule has 0 bridgehead atoms. The van der Waals surface area contributed by atoms with Crippen molar-refractivity contribution < 1.29 is 0 Å². The van der Waals surface area contributed by atoms with Crippen molar-refractivity contribution in [2.75, 3.05) is 0 Å². The van der Waals surface area contributed by atoms with Gasteiger partial charge in [0.2, 0.25) is 0 Å². The zero-order chi connectivity index (χ0) is 37.0. The first-order valence-corrected chi connectivity index (χ1v) is 19.0. The third-order valence-electron chi connectivity index (χ3n) is 11.2. The molecule has 11 rings (SSSR count). The van der Waals surface area contributed by atoms with Gasteiger partial charge in [-0.15, -0.1) is 0 Å². The zero-order valence-electron chi connectivity index (χ0n) is 30.4. The van der Waals surface area contributed by atoms with Crippen LogP contribution in [0, 0.1) is 0 Å². The topological polar surface area (TPSA) is 38.7 Å². The number of fused-ring (bicyclic) bond motifs is 9. The molecule has 0 amide bonds. The minimum Gasteiger partial charge on any atom is -0.263 e. The third-order valence-corrected chi connectivity index (χ3v) is 11.2. The standard InChI is InChI=1S/C53H33N3/c1-2-12-36(13-3-1)50-31-51(56-53(55-50)38-28-24-35(25-29-38)49-33-54-32-39-14-4-5-15-40(39)49)37-26-22-34(23-27-37)47-30-48-43-18-7-6-16-41(43)42-17-8-10-20-45(42)52(48)46-21-11-9-19-44(46)47/h1-33H. The Labute approximate surface area is 324 Å². The summed E-state index contributed by atoms with van der Waals surface area (Å²) in [5, 5.41) is 12.5. The Hall–Kier alpha value is -7.49. The zero-order valence-corrected chi connectivity index (χ0v) is 30.4. The maximum atomic E-state index is 5.18. The molecule has 56 heavy (non-hydrogen) atoms. The number of hydrogen-bond donors (Lipinski definition) is 0. The lowest BCUT2D eigenvalue weighted by atomic mass is 9.87. The Balaban J connectivity index is 1.03. The van der Waals surface area contributed by atoms with Gasteiger partial charge in [-0.3, -0.25) is 4.98 Å². The molecular formula is C53H33N3. The Kier molecular flexibility index (Phi) is 7.49. The molecule has 0 unspecified atom stereocenters. The van der Waals surface area contributed by atoms with E-state index in [1.165, 1.54) is 59.6 Å². The molecular weight excluding hydrogens is 679 g/mol. The molecule has 3 heteroatoms. The van der Waals surface area contributed by atoms with Crippen LogP contribution in [0.2, 0.25) is 0 Å². The molecule has 260 valence electrons. The van der Waals surface area contributed by atoms with Gasteiger partial charge in [-0.1, -0.05) is 176 Å². The molecule has 0 aliphatic heterocycles. The van der Waals surface area contributed by atoms with E-state index in [4.69, 9.17) is 9.97 Å². The molecule has 0 atom stereocenters. The van der Waals surface area contributed by atoms with E-state index in [9.17, 15) is 0 Å². The van der Waals surface area contributed by atoms with E-state index >= 15 is 0 Å². The van der Waals surface area contributed by atoms with E-state index < -0.39 is 0 Å². The lowest BCUT2D eigenvalue weighted by Gasteiger charge is -2.16. The highest BCUT2D eigenvalue weighted by Crippen LogP contribution is 2.43. The number of benzene rings is 9. The SMILES string of the molecule is c1ccc(-c2cc(-c3ccc(-c4cc5c6ccccc6c6ccccc6c5c5ccccc45)cc3)nc(-c3ccc(-c4cncc5ccccc45)cc3)n2)cc1. The Morgan fingerprint density at radius 1 is 0.286 bits per heavy atom. The van der Waals surface area contributed by atoms with Crippen LogP contribution in [-0.2, 0) is 0 Å². The van der Waals surface area contributed by atoms with Crippen molar-refractivity contribution >= 4 is 53.9 Å². The molecule has 0 spiro atoms. The average Bonchev–Trinajstić information content (AvgIpc) is 3.29. The maximum Gasteiger partial charge on any atom is 0.160 e. The van der Waals surface area contributed by atoms with Gasteiger partial charge in [-0.25, -0.2) is 9.97 Å². The minimum atomic E-state index is 0.688. The monoisotopic (exact) mass is 711 g/mol. The molecule has 0 saturated carbocycles. The molecule has 0 saturated heterocycles. The molecule has 11 aromatic rings. The van der Waals surface area contributed by atoms with Crippen LogP contribution in [0.3, 0.4) is 0 Å². The van der Waals surface area contributed by atoms with E-state index in [2.05, 4.69) is 181 Å². The molecule has 0 fully saturated rings. The van der Waals surface area contributed by atoms with Crippen molar-refractivity contribution in [1.82, 2.24) is 15.0 Å². The van der Waals surface area contributed by atoms with Crippen LogP contribution < -0.4 is 0 Å². The van der Waals surface area contributed by atoms with Crippen molar-refractivity contribution in [3.63, 3.8) is 0 Å². The molecule has 2 heterocycles. The van der Waals surface area contributed by atoms with Crippen LogP contribution >= 0.6 is 0 Å². The molecule has 0 radical (unpaired) electrons. The van der Waals surface area contributed by atoms with E-state index in [0.717, 1.165) is 44.6 Å². The van der Waals surface area contributed by atoms with Gasteiger partial charge in [0.25, 0.3) is 0 Å². The summed E-state index contributed by atoms with van der Waals surface area (Å²) in [6, 6.07) is 67.1. The molecule has 0 N–H and O–H groups in total. The first kappa shape index (κ1) is 32.0. The van der Waals surface area contributed by atoms with Gasteiger partial charge in [0.05, 0.1) is 11.4 Å². The van der Waals surface area contributed by atoms with E-state index in [1.54, 1.807) is 0 Å². The fourth-order valence-corrected chi connectivity index (χ4v) is 8.45. The largest absolute Gasteiger partial charge is 0.263 e. The minimum absolute atomic E-state index is 0.688. The van der Waals surface area contributed by atoms with Crippen LogP contribution in [0.5, 0.6) is 0 Å². The maximum absolute atomic E-state index is 5.18.